The number of Topliss-reactive ketones (excluding diaryl/α,β-unsaturated/α-hetero) is 2. The van der Waals surface area contributed by atoms with Crippen molar-refractivity contribution in [2.45, 2.75) is 178 Å². The van der Waals surface area contributed by atoms with Gasteiger partial charge in [0.05, 0.1) is 24.4 Å². The fraction of sp³-hybridized carbons (Fsp3) is 0.938. The summed E-state index contributed by atoms with van der Waals surface area (Å²) in [5.74, 6) is 0.331. The summed E-state index contributed by atoms with van der Waals surface area (Å²) in [6.07, 6.45) is 5.80. The molecule has 0 saturated carbocycles. The summed E-state index contributed by atoms with van der Waals surface area (Å²) in [4.78, 5) is 41.4. The normalized spacial score (nSPS) is 46.8. The van der Waals surface area contributed by atoms with E-state index in [2.05, 4.69) is 79.4 Å². The van der Waals surface area contributed by atoms with Gasteiger partial charge in [0.15, 0.2) is 11.6 Å². The molecule has 6 unspecified atom stereocenters. The summed E-state index contributed by atoms with van der Waals surface area (Å²) in [5.41, 5.74) is -5.24. The lowest BCUT2D eigenvalue weighted by atomic mass is 9.62. The number of hydrogen-bond donors (Lipinski definition) is 0. The molecular formula is C32H54N2O6. The second kappa shape index (κ2) is 9.30. The Balaban J connectivity index is 1.71. The molecule has 228 valence electrons. The van der Waals surface area contributed by atoms with Gasteiger partial charge in [0.25, 0.3) is 0 Å². The Morgan fingerprint density at radius 2 is 0.975 bits per heavy atom. The van der Waals surface area contributed by atoms with Crippen molar-refractivity contribution in [1.29, 1.82) is 0 Å². The largest absolute Gasteiger partial charge is 0.360 e. The minimum atomic E-state index is -0.913. The Morgan fingerprint density at radius 1 is 0.600 bits per heavy atom. The van der Waals surface area contributed by atoms with E-state index in [-0.39, 0.29) is 11.6 Å². The van der Waals surface area contributed by atoms with Crippen molar-refractivity contribution < 1.29 is 28.7 Å². The van der Waals surface area contributed by atoms with Gasteiger partial charge in [0.1, 0.15) is 11.2 Å². The summed E-state index contributed by atoms with van der Waals surface area (Å²) >= 11 is 0. The zero-order valence-electron chi connectivity index (χ0n) is 26.8. The Kier molecular flexibility index (Phi) is 7.10. The van der Waals surface area contributed by atoms with Crippen molar-refractivity contribution >= 4 is 11.6 Å². The van der Waals surface area contributed by atoms with E-state index in [9.17, 15) is 9.59 Å². The molecule has 5 aliphatic rings. The van der Waals surface area contributed by atoms with Crippen LogP contribution in [0, 0.1) is 0 Å². The predicted molar refractivity (Wildman–Crippen MR) is 153 cm³/mol. The fourth-order valence-electron chi connectivity index (χ4n) is 10.3. The first-order valence-electron chi connectivity index (χ1n) is 15.6. The van der Waals surface area contributed by atoms with Crippen LogP contribution in [-0.4, -0.2) is 79.5 Å². The van der Waals surface area contributed by atoms with Crippen LogP contribution < -0.4 is 0 Å². The van der Waals surface area contributed by atoms with E-state index in [4.69, 9.17) is 19.1 Å². The van der Waals surface area contributed by atoms with Crippen LogP contribution in [0.15, 0.2) is 0 Å². The van der Waals surface area contributed by atoms with Crippen molar-refractivity contribution in [3.05, 3.63) is 0 Å². The molecule has 40 heavy (non-hydrogen) atoms. The summed E-state index contributed by atoms with van der Waals surface area (Å²) in [5, 5.41) is 4.34. The molecule has 5 saturated heterocycles. The third-order valence-electron chi connectivity index (χ3n) is 10.2. The van der Waals surface area contributed by atoms with Crippen LogP contribution in [0.4, 0.5) is 0 Å². The van der Waals surface area contributed by atoms with Gasteiger partial charge < -0.3 is 9.47 Å². The molecule has 5 aliphatic heterocycles. The predicted octanol–water partition coefficient (Wildman–Crippen LogP) is 5.70. The Labute approximate surface area is 241 Å². The van der Waals surface area contributed by atoms with E-state index in [1.165, 1.54) is 0 Å². The van der Waals surface area contributed by atoms with E-state index >= 15 is 0 Å². The lowest BCUT2D eigenvalue weighted by Gasteiger charge is -2.63. The van der Waals surface area contributed by atoms with Gasteiger partial charge in [-0.25, -0.2) is 0 Å². The summed E-state index contributed by atoms with van der Waals surface area (Å²) in [7, 11) is 0. The second-order valence-electron chi connectivity index (χ2n) is 16.2. The second-order valence-corrected chi connectivity index (χ2v) is 16.2. The monoisotopic (exact) mass is 562 g/mol. The average Bonchev–Trinajstić information content (AvgIpc) is 3.11. The molecule has 0 amide bonds. The van der Waals surface area contributed by atoms with Crippen LogP contribution >= 0.6 is 0 Å². The van der Waals surface area contributed by atoms with Gasteiger partial charge in [-0.05, 0) is 74.7 Å². The van der Waals surface area contributed by atoms with Crippen LogP contribution in [0.3, 0.4) is 0 Å². The molecular weight excluding hydrogens is 508 g/mol. The van der Waals surface area contributed by atoms with E-state index in [0.29, 0.717) is 64.6 Å². The van der Waals surface area contributed by atoms with Gasteiger partial charge in [-0.3, -0.25) is 19.3 Å². The maximum atomic E-state index is 14.1. The quantitative estimate of drug-likeness (QED) is 0.408. The van der Waals surface area contributed by atoms with Crippen molar-refractivity contribution in [2.24, 2.45) is 0 Å². The molecule has 8 heteroatoms. The summed E-state index contributed by atoms with van der Waals surface area (Å²) in [6.45, 7) is 22.7. The van der Waals surface area contributed by atoms with Crippen molar-refractivity contribution in [3.63, 3.8) is 0 Å². The number of fused-ring (bicyclic) bond motifs is 4. The number of piperidine rings is 2. The van der Waals surface area contributed by atoms with Crippen molar-refractivity contribution in [1.82, 2.24) is 10.1 Å². The van der Waals surface area contributed by atoms with Crippen LogP contribution in [0.5, 0.6) is 0 Å². The van der Waals surface area contributed by atoms with Gasteiger partial charge in [-0.15, -0.1) is 0 Å². The Morgan fingerprint density at radius 3 is 1.32 bits per heavy atom. The Hall–Kier alpha value is -0.900. The first-order valence-corrected chi connectivity index (χ1v) is 15.6. The molecule has 0 aromatic heterocycles. The molecule has 8 nitrogen and oxygen atoms in total. The molecule has 5 rings (SSSR count). The molecule has 5 fully saturated rings. The minimum absolute atomic E-state index is 0.166. The fourth-order valence-corrected chi connectivity index (χ4v) is 10.3. The maximum Gasteiger partial charge on any atom is 0.167 e. The molecule has 0 radical (unpaired) electrons. The third kappa shape index (κ3) is 4.73. The topological polar surface area (TPSA) is 77.5 Å². The smallest absolute Gasteiger partial charge is 0.167 e. The zero-order chi connectivity index (χ0) is 29.6. The van der Waals surface area contributed by atoms with Crippen LogP contribution in [0.25, 0.3) is 0 Å². The first kappa shape index (κ1) is 30.6. The van der Waals surface area contributed by atoms with Gasteiger partial charge in [0, 0.05) is 67.1 Å². The molecule has 5 heterocycles. The first-order chi connectivity index (χ1) is 18.3. The highest BCUT2D eigenvalue weighted by Crippen LogP contribution is 2.60. The molecule has 0 aromatic rings. The molecule has 0 N–H and O–H groups in total. The SMILES string of the molecule is CCCON1C(C)(C)CC23CC1(C)CC1(C)CC4(CC(C)(C)N1OCCC)OC(C)(CC4=O)CC(C)(CC2=O)O3. The third-order valence-corrected chi connectivity index (χ3v) is 10.2. The molecule has 0 aliphatic carbocycles. The lowest BCUT2D eigenvalue weighted by molar-refractivity contribution is -0.349. The van der Waals surface area contributed by atoms with Gasteiger partial charge in [-0.2, -0.15) is 10.1 Å². The average molecular weight is 563 g/mol. The van der Waals surface area contributed by atoms with E-state index in [1.807, 2.05) is 0 Å². The molecule has 6 atom stereocenters. The van der Waals surface area contributed by atoms with Gasteiger partial charge >= 0.3 is 0 Å². The van der Waals surface area contributed by atoms with E-state index in [0.717, 1.165) is 12.8 Å². The highest BCUT2D eigenvalue weighted by atomic mass is 16.7. The highest BCUT2D eigenvalue weighted by molar-refractivity contribution is 5.92. The number of ether oxygens (including phenoxy) is 2. The van der Waals surface area contributed by atoms with Gasteiger partial charge in [0.2, 0.25) is 0 Å². The van der Waals surface area contributed by atoms with Crippen LogP contribution in [0.2, 0.25) is 0 Å². The van der Waals surface area contributed by atoms with E-state index in [1.54, 1.807) is 0 Å². The maximum absolute atomic E-state index is 14.1. The number of rotatable bonds is 6. The van der Waals surface area contributed by atoms with Crippen LogP contribution in [0.1, 0.15) is 133 Å². The standard InChI is InChI=1S/C32H54N2O6/c1-11-13-37-33-25(3,4)17-31-20-27(33,7)19-28(8)21-32(18-26(5,6)34(28)38-14-12-2)24(36)16-30(10,40-32)22-29(9,39-31)15-23(31)35/h11-22H2,1-10H3. The van der Waals surface area contributed by atoms with Crippen molar-refractivity contribution in [2.75, 3.05) is 13.2 Å². The Bertz CT molecular complexity index is 982. The number of carbonyl (C=O) groups is 2. The number of carbonyl (C=O) groups excluding carboxylic acids is 2. The van der Waals surface area contributed by atoms with E-state index < -0.39 is 44.6 Å². The number of hydrogen-bond acceptors (Lipinski definition) is 8. The number of nitrogens with zero attached hydrogens (tertiary/aromatic N) is 2. The molecule has 6 bridgehead atoms. The minimum Gasteiger partial charge on any atom is -0.360 e. The summed E-state index contributed by atoms with van der Waals surface area (Å²) < 4.78 is 14.0. The lowest BCUT2D eigenvalue weighted by Crippen LogP contribution is -2.73. The number of ketones is 2. The number of hydroxylamine groups is 4. The van der Waals surface area contributed by atoms with Crippen LogP contribution in [-0.2, 0) is 28.7 Å². The van der Waals surface area contributed by atoms with Gasteiger partial charge in [-0.1, -0.05) is 13.8 Å². The zero-order valence-corrected chi connectivity index (χ0v) is 26.8. The highest BCUT2D eigenvalue weighted by Gasteiger charge is 2.70. The van der Waals surface area contributed by atoms with Crippen molar-refractivity contribution in [3.8, 4) is 0 Å². The molecule has 2 spiro atoms. The summed E-state index contributed by atoms with van der Waals surface area (Å²) in [6, 6.07) is 0. The molecule has 0 aromatic carbocycles.